The van der Waals surface area contributed by atoms with Crippen LogP contribution in [0.15, 0.2) is 66.6 Å². The summed E-state index contributed by atoms with van der Waals surface area (Å²) < 4.78 is 57.9. The summed E-state index contributed by atoms with van der Waals surface area (Å²) in [5.74, 6) is 0. The first-order valence-corrected chi connectivity index (χ1v) is 6.96. The number of para-hydroxylation sites is 1. The lowest BCUT2D eigenvalue weighted by Crippen LogP contribution is -1.86. The molecule has 1 aromatic heterocycles. The van der Waals surface area contributed by atoms with Gasteiger partial charge in [0.25, 0.3) is 0 Å². The number of thiazole rings is 1. The summed E-state index contributed by atoms with van der Waals surface area (Å²) in [7, 11) is 0. The average Bonchev–Trinajstić information content (AvgIpc) is 3.07. The molecule has 0 aliphatic rings. The molecule has 0 amide bonds. The fourth-order valence-electron chi connectivity index (χ4n) is 2.06. The van der Waals surface area contributed by atoms with E-state index in [1.807, 2.05) is 24.3 Å². The molecule has 3 aromatic carbocycles. The molecule has 0 saturated heterocycles. The Kier molecular flexibility index (Phi) is 1.54. The number of hydrogen-bond acceptors (Lipinski definition) is 2. The van der Waals surface area contributed by atoms with Gasteiger partial charge in [-0.3, -0.25) is 0 Å². The third-order valence-electron chi connectivity index (χ3n) is 2.97. The van der Waals surface area contributed by atoms with Crippen LogP contribution in [0.3, 0.4) is 0 Å². The molecule has 1 heterocycles. The first kappa shape index (κ1) is 6.51. The van der Waals surface area contributed by atoms with Gasteiger partial charge in [0.2, 0.25) is 0 Å². The highest BCUT2D eigenvalue weighted by molar-refractivity contribution is 7.18. The van der Waals surface area contributed by atoms with Crippen molar-refractivity contribution in [3.05, 3.63) is 77.1 Å². The maximum Gasteiger partial charge on any atom is 0.0982 e. The minimum Gasteiger partial charge on any atom is -0.241 e. The normalized spacial score (nSPS) is 16.1. The van der Waals surface area contributed by atoms with Gasteiger partial charge in [-0.05, 0) is 28.5 Å². The van der Waals surface area contributed by atoms with Crippen LogP contribution in [-0.2, 0) is 6.42 Å². The quantitative estimate of drug-likeness (QED) is 0.502. The van der Waals surface area contributed by atoms with E-state index in [0.717, 1.165) is 10.2 Å². The van der Waals surface area contributed by atoms with Crippen molar-refractivity contribution >= 4 is 32.3 Å². The van der Waals surface area contributed by atoms with Crippen molar-refractivity contribution in [2.75, 3.05) is 0 Å². The highest BCUT2D eigenvalue weighted by Crippen LogP contribution is 2.24. The predicted octanol–water partition coefficient (Wildman–Crippen LogP) is 5.04. The zero-order chi connectivity index (χ0) is 19.5. The second kappa shape index (κ2) is 4.73. The third-order valence-corrected chi connectivity index (χ3v) is 4.00. The van der Waals surface area contributed by atoms with Gasteiger partial charge in [-0.25, -0.2) is 4.98 Å². The van der Waals surface area contributed by atoms with Crippen LogP contribution in [0.5, 0.6) is 0 Å². The number of rotatable bonds is 2. The average molecular weight is 282 g/mol. The maximum atomic E-state index is 8.49. The Morgan fingerprint density at radius 2 is 1.85 bits per heavy atom. The number of aromatic nitrogens is 1. The van der Waals surface area contributed by atoms with Crippen LogP contribution in [0.25, 0.3) is 21.0 Å². The number of benzene rings is 3. The second-order valence-electron chi connectivity index (χ2n) is 4.36. The Bertz CT molecular complexity index is 1200. The van der Waals surface area contributed by atoms with Crippen molar-refractivity contribution in [3.8, 4) is 0 Å². The lowest BCUT2D eigenvalue weighted by molar-refractivity contribution is 1.16. The van der Waals surface area contributed by atoms with Crippen LogP contribution < -0.4 is 0 Å². The minimum absolute atomic E-state index is 0.0156. The van der Waals surface area contributed by atoms with Crippen LogP contribution in [0.2, 0.25) is 0 Å². The molecule has 0 N–H and O–H groups in total. The molecule has 20 heavy (non-hydrogen) atoms. The molecule has 0 spiro atoms. The van der Waals surface area contributed by atoms with Crippen LogP contribution >= 0.6 is 11.3 Å². The predicted molar refractivity (Wildman–Crippen MR) is 86.4 cm³/mol. The Balaban J connectivity index is 1.98. The van der Waals surface area contributed by atoms with Gasteiger partial charge in [0.05, 0.1) is 24.8 Å². The molecule has 0 unspecified atom stereocenters. The van der Waals surface area contributed by atoms with Gasteiger partial charge in [0.15, 0.2) is 0 Å². The van der Waals surface area contributed by atoms with Crippen LogP contribution in [0.1, 0.15) is 20.2 Å². The molecule has 0 aliphatic carbocycles. The first-order valence-electron chi connectivity index (χ1n) is 9.64. The van der Waals surface area contributed by atoms with Gasteiger partial charge < -0.3 is 0 Å². The van der Waals surface area contributed by atoms with E-state index in [4.69, 9.17) is 9.60 Å². The van der Waals surface area contributed by atoms with Crippen LogP contribution in [-0.4, -0.2) is 4.98 Å². The van der Waals surface area contributed by atoms with Crippen LogP contribution in [0.4, 0.5) is 0 Å². The molecule has 4 rings (SSSR count). The number of nitrogens with zero attached hydrogens (tertiary/aromatic N) is 1. The zero-order valence-corrected chi connectivity index (χ0v) is 11.2. The highest BCUT2D eigenvalue weighted by Gasteiger charge is 2.04. The van der Waals surface area contributed by atoms with Crippen molar-refractivity contribution < 1.29 is 9.60 Å². The molecular weight excluding hydrogens is 262 g/mol. The molecule has 1 nitrogen and oxygen atoms in total. The summed E-state index contributed by atoms with van der Waals surface area (Å²) in [5.41, 5.74) is 1.07. The van der Waals surface area contributed by atoms with E-state index in [1.54, 1.807) is 0 Å². The van der Waals surface area contributed by atoms with E-state index in [1.165, 1.54) is 11.3 Å². The fourth-order valence-corrected chi connectivity index (χ4v) is 3.03. The SMILES string of the molecule is [2H]c1c([2H])c([2H])c2c([2H])c(Cc3nc4ccccc4s3)c([2H])c([2H])c2c1[2H]. The Hall–Kier alpha value is -2.19. The topological polar surface area (TPSA) is 12.9 Å². The minimum atomic E-state index is -0.460. The molecule has 0 saturated carbocycles. The lowest BCUT2D eigenvalue weighted by Gasteiger charge is -2.01. The number of hydrogen-bond donors (Lipinski definition) is 0. The van der Waals surface area contributed by atoms with Crippen molar-refractivity contribution in [3.63, 3.8) is 0 Å². The Labute approximate surface area is 131 Å². The molecular formula is C18H13NS. The van der Waals surface area contributed by atoms with E-state index >= 15 is 0 Å². The highest BCUT2D eigenvalue weighted by atomic mass is 32.1. The van der Waals surface area contributed by atoms with E-state index in [9.17, 15) is 0 Å². The van der Waals surface area contributed by atoms with E-state index in [2.05, 4.69) is 4.98 Å². The van der Waals surface area contributed by atoms with E-state index < -0.39 is 12.1 Å². The molecule has 0 fully saturated rings. The summed E-state index contributed by atoms with van der Waals surface area (Å²) >= 11 is 1.44. The standard InChI is InChI=1S/C18H13NS/c1-2-6-15-11-13(9-10-14(15)5-1)12-18-19-16-7-3-4-8-17(16)20-18/h1-11H,12H2/i1D,2D,5D,6D,9D,10D,11D. The van der Waals surface area contributed by atoms with Gasteiger partial charge in [-0.15, -0.1) is 11.3 Å². The summed E-state index contributed by atoms with van der Waals surface area (Å²) in [6.45, 7) is 0. The summed E-state index contributed by atoms with van der Waals surface area (Å²) in [6, 6.07) is 5.34. The Morgan fingerprint density at radius 3 is 2.75 bits per heavy atom. The zero-order valence-electron chi connectivity index (χ0n) is 17.4. The fraction of sp³-hybridized carbons (Fsp3) is 0.0556. The summed E-state index contributed by atoms with van der Waals surface area (Å²) in [6.07, 6.45) is 0.168. The molecule has 2 heteroatoms. The van der Waals surface area contributed by atoms with Gasteiger partial charge in [0.1, 0.15) is 0 Å². The van der Waals surface area contributed by atoms with Crippen molar-refractivity contribution in [1.82, 2.24) is 4.98 Å². The van der Waals surface area contributed by atoms with Crippen molar-refractivity contribution in [2.45, 2.75) is 6.42 Å². The molecule has 0 bridgehead atoms. The van der Waals surface area contributed by atoms with Gasteiger partial charge in [-0.2, -0.15) is 0 Å². The smallest absolute Gasteiger partial charge is 0.0982 e. The van der Waals surface area contributed by atoms with E-state index in [0.29, 0.717) is 5.01 Å². The maximum absolute atomic E-state index is 8.49. The molecule has 96 valence electrons. The van der Waals surface area contributed by atoms with Crippen LogP contribution in [0, 0.1) is 0 Å². The van der Waals surface area contributed by atoms with Crippen molar-refractivity contribution in [1.29, 1.82) is 0 Å². The number of fused-ring (bicyclic) bond motifs is 2. The molecule has 0 aliphatic heterocycles. The summed E-state index contributed by atoms with van der Waals surface area (Å²) in [4.78, 5) is 4.51. The molecule has 0 radical (unpaired) electrons. The third kappa shape index (κ3) is 2.08. The summed E-state index contributed by atoms with van der Waals surface area (Å²) in [5, 5.41) is 0.597. The van der Waals surface area contributed by atoms with Gasteiger partial charge in [-0.1, -0.05) is 54.4 Å². The molecule has 4 aromatic rings. The van der Waals surface area contributed by atoms with Gasteiger partial charge >= 0.3 is 0 Å². The monoisotopic (exact) mass is 282 g/mol. The van der Waals surface area contributed by atoms with Crippen molar-refractivity contribution in [2.24, 2.45) is 0 Å². The van der Waals surface area contributed by atoms with Gasteiger partial charge in [0, 0.05) is 6.42 Å². The van der Waals surface area contributed by atoms with E-state index in [-0.39, 0.29) is 53.0 Å². The second-order valence-corrected chi connectivity index (χ2v) is 5.47. The lowest BCUT2D eigenvalue weighted by atomic mass is 10.1. The molecule has 0 atom stereocenters. The Morgan fingerprint density at radius 1 is 1.00 bits per heavy atom. The first-order chi connectivity index (χ1) is 12.8. The largest absolute Gasteiger partial charge is 0.241 e.